The van der Waals surface area contributed by atoms with Crippen molar-refractivity contribution in [2.24, 2.45) is 11.0 Å². The molecule has 2 rings (SSSR count). The molecule has 1 amide bonds. The topological polar surface area (TPSA) is 69.1 Å². The lowest BCUT2D eigenvalue weighted by molar-refractivity contribution is -0.130. The van der Waals surface area contributed by atoms with Crippen molar-refractivity contribution in [2.75, 3.05) is 13.1 Å². The summed E-state index contributed by atoms with van der Waals surface area (Å²) in [6, 6.07) is 0. The van der Waals surface area contributed by atoms with Crippen LogP contribution in [-0.4, -0.2) is 23.9 Å². The maximum atomic E-state index is 12.2. The average molecular weight is 248 g/mol. The first kappa shape index (κ1) is 13.0. The summed E-state index contributed by atoms with van der Waals surface area (Å²) in [6.07, 6.45) is 9.33. The number of hydrogen-bond acceptors (Lipinski definition) is 2. The SMILES string of the molecule is [N-]=[N+]=NCCCC(=O)N1CCCC2CCCC=C21. The molecule has 0 aromatic carbocycles. The number of carbonyl (C=O) groups excluding carboxylic acids is 1. The molecule has 1 atom stereocenters. The molecule has 0 spiro atoms. The van der Waals surface area contributed by atoms with Gasteiger partial charge in [0.25, 0.3) is 0 Å². The Hall–Kier alpha value is -1.48. The lowest BCUT2D eigenvalue weighted by Gasteiger charge is -2.38. The second-order valence-electron chi connectivity index (χ2n) is 5.00. The maximum absolute atomic E-state index is 12.2. The normalized spacial score (nSPS) is 22.8. The van der Waals surface area contributed by atoms with Crippen LogP contribution in [0.3, 0.4) is 0 Å². The molecule has 0 aromatic rings. The highest BCUT2D eigenvalue weighted by atomic mass is 16.2. The summed E-state index contributed by atoms with van der Waals surface area (Å²) in [7, 11) is 0. The fourth-order valence-electron chi connectivity index (χ4n) is 2.93. The quantitative estimate of drug-likeness (QED) is 0.325. The number of hydrogen-bond donors (Lipinski definition) is 0. The van der Waals surface area contributed by atoms with Gasteiger partial charge in [0.05, 0.1) is 0 Å². The Balaban J connectivity index is 1.91. The number of nitrogens with zero attached hydrogens (tertiary/aromatic N) is 4. The Morgan fingerprint density at radius 2 is 2.33 bits per heavy atom. The Bertz CT molecular complexity index is 384. The van der Waals surface area contributed by atoms with Gasteiger partial charge >= 0.3 is 0 Å². The van der Waals surface area contributed by atoms with E-state index < -0.39 is 0 Å². The summed E-state index contributed by atoms with van der Waals surface area (Å²) in [5.41, 5.74) is 9.45. The van der Waals surface area contributed by atoms with Crippen LogP contribution < -0.4 is 0 Å². The third-order valence-corrected chi connectivity index (χ3v) is 3.79. The van der Waals surface area contributed by atoms with Gasteiger partial charge in [-0.2, -0.15) is 0 Å². The van der Waals surface area contributed by atoms with Crippen LogP contribution in [0.5, 0.6) is 0 Å². The molecule has 1 aliphatic carbocycles. The van der Waals surface area contributed by atoms with E-state index in [1.54, 1.807) is 0 Å². The van der Waals surface area contributed by atoms with Crippen LogP contribution in [0, 0.1) is 5.92 Å². The predicted molar refractivity (Wildman–Crippen MR) is 69.6 cm³/mol. The van der Waals surface area contributed by atoms with Gasteiger partial charge in [-0.05, 0) is 50.0 Å². The lowest BCUT2D eigenvalue weighted by atomic mass is 9.85. The average Bonchev–Trinajstić information content (AvgIpc) is 2.43. The minimum Gasteiger partial charge on any atom is -0.316 e. The van der Waals surface area contributed by atoms with Gasteiger partial charge in [0.1, 0.15) is 0 Å². The Labute approximate surface area is 107 Å². The van der Waals surface area contributed by atoms with E-state index >= 15 is 0 Å². The number of allylic oxidation sites excluding steroid dienone is 2. The van der Waals surface area contributed by atoms with Crippen molar-refractivity contribution in [3.8, 4) is 0 Å². The monoisotopic (exact) mass is 248 g/mol. The largest absolute Gasteiger partial charge is 0.316 e. The second kappa shape index (κ2) is 6.45. The summed E-state index contributed by atoms with van der Waals surface area (Å²) in [6.45, 7) is 1.28. The van der Waals surface area contributed by atoms with Gasteiger partial charge in [-0.15, -0.1) is 0 Å². The van der Waals surface area contributed by atoms with Gasteiger partial charge in [-0.3, -0.25) is 4.79 Å². The maximum Gasteiger partial charge on any atom is 0.226 e. The van der Waals surface area contributed by atoms with E-state index in [4.69, 9.17) is 5.53 Å². The molecule has 1 saturated heterocycles. The van der Waals surface area contributed by atoms with E-state index in [1.165, 1.54) is 25.0 Å². The van der Waals surface area contributed by atoms with Crippen LogP contribution in [0.25, 0.3) is 10.4 Å². The van der Waals surface area contributed by atoms with Gasteiger partial charge < -0.3 is 4.90 Å². The van der Waals surface area contributed by atoms with E-state index in [9.17, 15) is 4.79 Å². The molecule has 1 fully saturated rings. The second-order valence-corrected chi connectivity index (χ2v) is 5.00. The molecule has 1 unspecified atom stereocenters. The number of azide groups is 1. The van der Waals surface area contributed by atoms with Crippen molar-refractivity contribution >= 4 is 5.91 Å². The summed E-state index contributed by atoms with van der Waals surface area (Å²) in [5, 5.41) is 3.47. The number of rotatable bonds is 4. The van der Waals surface area contributed by atoms with Crippen LogP contribution >= 0.6 is 0 Å². The summed E-state index contributed by atoms with van der Waals surface area (Å²) in [5.74, 6) is 0.801. The van der Waals surface area contributed by atoms with Crippen LogP contribution in [0.15, 0.2) is 16.9 Å². The molecule has 5 nitrogen and oxygen atoms in total. The smallest absolute Gasteiger partial charge is 0.226 e. The Kier molecular flexibility index (Phi) is 4.65. The Morgan fingerprint density at radius 1 is 1.50 bits per heavy atom. The van der Waals surface area contributed by atoms with Gasteiger partial charge in [0, 0.05) is 30.1 Å². The molecule has 5 heteroatoms. The zero-order valence-electron chi connectivity index (χ0n) is 10.7. The number of piperidine rings is 1. The molecule has 0 bridgehead atoms. The van der Waals surface area contributed by atoms with Crippen molar-refractivity contribution in [3.63, 3.8) is 0 Å². The van der Waals surface area contributed by atoms with E-state index in [2.05, 4.69) is 16.1 Å². The van der Waals surface area contributed by atoms with Crippen LogP contribution in [0.1, 0.15) is 44.9 Å². The molecule has 98 valence electrons. The molecule has 1 aliphatic heterocycles. The first-order valence-electron chi connectivity index (χ1n) is 6.84. The summed E-state index contributed by atoms with van der Waals surface area (Å²) >= 11 is 0. The van der Waals surface area contributed by atoms with E-state index in [0.717, 1.165) is 19.4 Å². The van der Waals surface area contributed by atoms with Gasteiger partial charge in [0.15, 0.2) is 0 Å². The predicted octanol–water partition coefficient (Wildman–Crippen LogP) is 3.38. The fraction of sp³-hybridized carbons (Fsp3) is 0.769. The molecule has 0 N–H and O–H groups in total. The number of amides is 1. The summed E-state index contributed by atoms with van der Waals surface area (Å²) in [4.78, 5) is 16.8. The van der Waals surface area contributed by atoms with E-state index in [-0.39, 0.29) is 5.91 Å². The number of likely N-dealkylation sites (tertiary alicyclic amines) is 1. The van der Waals surface area contributed by atoms with E-state index in [0.29, 0.717) is 25.3 Å². The van der Waals surface area contributed by atoms with Gasteiger partial charge in [0.2, 0.25) is 5.91 Å². The van der Waals surface area contributed by atoms with Crippen molar-refractivity contribution in [2.45, 2.75) is 44.9 Å². The highest BCUT2D eigenvalue weighted by molar-refractivity contribution is 5.78. The zero-order valence-corrected chi connectivity index (χ0v) is 10.7. The Morgan fingerprint density at radius 3 is 3.17 bits per heavy atom. The molecule has 0 saturated carbocycles. The third-order valence-electron chi connectivity index (χ3n) is 3.79. The third kappa shape index (κ3) is 3.05. The highest BCUT2D eigenvalue weighted by Gasteiger charge is 2.29. The molecule has 2 aliphatic rings. The van der Waals surface area contributed by atoms with E-state index in [1.807, 2.05) is 4.90 Å². The minimum absolute atomic E-state index is 0.195. The lowest BCUT2D eigenvalue weighted by Crippen LogP contribution is -2.38. The molecular formula is C13H20N4O. The van der Waals surface area contributed by atoms with Crippen molar-refractivity contribution < 1.29 is 4.79 Å². The van der Waals surface area contributed by atoms with Crippen LogP contribution in [0.4, 0.5) is 0 Å². The molecule has 1 heterocycles. The molecular weight excluding hydrogens is 228 g/mol. The molecule has 18 heavy (non-hydrogen) atoms. The molecule has 0 aromatic heterocycles. The first-order chi connectivity index (χ1) is 8.83. The summed E-state index contributed by atoms with van der Waals surface area (Å²) < 4.78 is 0. The fourth-order valence-corrected chi connectivity index (χ4v) is 2.93. The first-order valence-corrected chi connectivity index (χ1v) is 6.84. The number of fused-ring (bicyclic) bond motifs is 1. The minimum atomic E-state index is 0.195. The van der Waals surface area contributed by atoms with Crippen molar-refractivity contribution in [1.82, 2.24) is 4.90 Å². The standard InChI is InChI=1S/C13H20N4O/c14-16-15-9-3-8-13(18)17-10-4-6-11-5-1-2-7-12(11)17/h7,11H,1-6,8-10H2. The van der Waals surface area contributed by atoms with Crippen molar-refractivity contribution in [1.29, 1.82) is 0 Å². The van der Waals surface area contributed by atoms with Gasteiger partial charge in [-0.1, -0.05) is 11.2 Å². The van der Waals surface area contributed by atoms with Crippen molar-refractivity contribution in [3.05, 3.63) is 22.2 Å². The zero-order chi connectivity index (χ0) is 12.8. The molecule has 0 radical (unpaired) electrons. The number of carbonyl (C=O) groups is 1. The van der Waals surface area contributed by atoms with Crippen LogP contribution in [0.2, 0.25) is 0 Å². The van der Waals surface area contributed by atoms with Crippen LogP contribution in [-0.2, 0) is 4.79 Å². The highest BCUT2D eigenvalue weighted by Crippen LogP contribution is 2.35. The van der Waals surface area contributed by atoms with Gasteiger partial charge in [-0.25, -0.2) is 0 Å².